The maximum Gasteiger partial charge on any atom is 0.340 e. The fraction of sp³-hybridized carbons (Fsp3) is 0.333. The minimum atomic E-state index is 0. The van der Waals surface area contributed by atoms with Crippen LogP contribution in [0.5, 0.6) is 0 Å². The van der Waals surface area contributed by atoms with Crippen molar-refractivity contribution in [3.05, 3.63) is 30.3 Å². The van der Waals surface area contributed by atoms with Gasteiger partial charge in [-0.1, -0.05) is 30.3 Å². The molecular weight excluding hydrogens is 513 g/mol. The van der Waals surface area contributed by atoms with Crippen molar-refractivity contribution in [1.82, 2.24) is 10.6 Å². The van der Waals surface area contributed by atoms with Gasteiger partial charge in [0.05, 0.1) is 28.2 Å². The summed E-state index contributed by atoms with van der Waals surface area (Å²) in [6.45, 7) is 0. The second kappa shape index (κ2) is 21.9. The Balaban J connectivity index is -0.0000000992. The molecule has 0 amide bonds. The van der Waals surface area contributed by atoms with Crippen LogP contribution in [0.15, 0.2) is 30.3 Å². The summed E-state index contributed by atoms with van der Waals surface area (Å²) in [5.41, 5.74) is 10.3. The number of nitrogens with one attached hydrogen (secondary N) is 4. The van der Waals surface area contributed by atoms with Gasteiger partial charge in [-0.3, -0.25) is 32.1 Å². The molecule has 0 aliphatic rings. The molecule has 1 unspecified atom stereocenters. The molecule has 0 aromatic heterocycles. The van der Waals surface area contributed by atoms with Gasteiger partial charge in [-0.05, 0) is 5.30 Å². The summed E-state index contributed by atoms with van der Waals surface area (Å²) in [4.78, 5) is 5.40. The van der Waals surface area contributed by atoms with Crippen molar-refractivity contribution in [3.63, 3.8) is 0 Å². The third-order valence-electron chi connectivity index (χ3n) is 1.88. The summed E-state index contributed by atoms with van der Waals surface area (Å²) in [6, 6.07) is 10.1. The Hall–Kier alpha value is -0.350. The number of benzene rings is 1. The van der Waals surface area contributed by atoms with Crippen LogP contribution in [0.2, 0.25) is 0 Å². The van der Waals surface area contributed by atoms with E-state index in [1.54, 1.807) is 28.2 Å². The van der Waals surface area contributed by atoms with E-state index in [0.717, 1.165) is 0 Å². The van der Waals surface area contributed by atoms with Gasteiger partial charge >= 0.3 is 11.9 Å². The number of halogens is 2. The molecule has 0 saturated heterocycles. The zero-order valence-electron chi connectivity index (χ0n) is 12.9. The molecule has 0 bridgehead atoms. The number of rotatable bonds is 0. The zero-order valence-corrected chi connectivity index (χ0v) is 18.3. The molecule has 9 heteroatoms. The van der Waals surface area contributed by atoms with Gasteiger partial charge in [0.25, 0.3) is 0 Å². The van der Waals surface area contributed by atoms with Gasteiger partial charge in [0.1, 0.15) is 0 Å². The van der Waals surface area contributed by atoms with Gasteiger partial charge in [-0.2, -0.15) is 0 Å². The van der Waals surface area contributed by atoms with Gasteiger partial charge in [0.2, 0.25) is 0 Å². The topological polar surface area (TPSA) is 104 Å². The van der Waals surface area contributed by atoms with Crippen molar-refractivity contribution in [3.8, 4) is 0 Å². The molecule has 0 aliphatic carbocycles. The standard InChI is InChI=1S/C6H7P.2C3H9N3.2HI/c7-6-4-2-1-3-5-6;2*1-5-3(4)6-2;;/h1-5H,7H2;2*1-2H3,(H3,4,5,6);2*1H. The average molecular weight is 540 g/mol. The van der Waals surface area contributed by atoms with Gasteiger partial charge in [0, 0.05) is 0 Å². The van der Waals surface area contributed by atoms with Crippen LogP contribution in [0, 0.1) is 0 Å². The smallest absolute Gasteiger partial charge is 0.340 e. The van der Waals surface area contributed by atoms with E-state index in [9.17, 15) is 0 Å². The number of hydrogen-bond acceptors (Lipinski definition) is 0. The lowest BCUT2D eigenvalue weighted by molar-refractivity contribution is -0.423. The summed E-state index contributed by atoms with van der Waals surface area (Å²) in [5, 5.41) is 6.63. The summed E-state index contributed by atoms with van der Waals surface area (Å²) in [6.07, 6.45) is 0. The molecule has 0 heterocycles. The van der Waals surface area contributed by atoms with Crippen LogP contribution in [0.4, 0.5) is 0 Å². The molecule has 1 aromatic carbocycles. The van der Waals surface area contributed by atoms with Crippen molar-refractivity contribution in [2.45, 2.75) is 0 Å². The Morgan fingerprint density at radius 3 is 1.33 bits per heavy atom. The SMILES string of the molecule is CNC(N)=[NH+]C.CNC(N)=[NH+]C.Pc1ccccc1.[I-].[I-]. The van der Waals surface area contributed by atoms with Crippen molar-refractivity contribution in [1.29, 1.82) is 0 Å². The van der Waals surface area contributed by atoms with E-state index in [0.29, 0.717) is 11.9 Å². The van der Waals surface area contributed by atoms with Crippen LogP contribution in [0.3, 0.4) is 0 Å². The molecule has 21 heavy (non-hydrogen) atoms. The average Bonchev–Trinajstić information content (AvgIpc) is 2.47. The second-order valence-corrected chi connectivity index (χ2v) is 3.90. The third kappa shape index (κ3) is 25.0. The Labute approximate surface area is 164 Å². The molecule has 0 aliphatic heterocycles. The lowest BCUT2D eigenvalue weighted by atomic mass is 10.4. The molecule has 0 spiro atoms. The summed E-state index contributed by atoms with van der Waals surface area (Å²) in [7, 11) is 9.65. The highest BCUT2D eigenvalue weighted by atomic mass is 127. The molecule has 1 atom stereocenters. The van der Waals surface area contributed by atoms with Crippen molar-refractivity contribution in [2.24, 2.45) is 11.5 Å². The van der Waals surface area contributed by atoms with Gasteiger partial charge in [-0.25, -0.2) is 0 Å². The minimum Gasteiger partial charge on any atom is -1.00 e. The quantitative estimate of drug-likeness (QED) is 0.0853. The lowest BCUT2D eigenvalue weighted by Gasteiger charge is -1.82. The van der Waals surface area contributed by atoms with E-state index < -0.39 is 0 Å². The maximum absolute atomic E-state index is 5.17. The van der Waals surface area contributed by atoms with Crippen LogP contribution >= 0.6 is 9.24 Å². The lowest BCUT2D eigenvalue weighted by Crippen LogP contribution is -3.00. The van der Waals surface area contributed by atoms with Crippen LogP contribution in [0.1, 0.15) is 0 Å². The highest BCUT2D eigenvalue weighted by Gasteiger charge is 1.81. The van der Waals surface area contributed by atoms with Crippen LogP contribution < -0.4 is 85.3 Å². The zero-order chi connectivity index (χ0) is 15.1. The summed E-state index contributed by atoms with van der Waals surface area (Å²) < 4.78 is 0. The van der Waals surface area contributed by atoms with Crippen LogP contribution in [-0.4, -0.2) is 40.1 Å². The molecule has 0 fully saturated rings. The molecule has 1 aromatic rings. The first-order valence-corrected chi connectivity index (χ1v) is 6.35. The Morgan fingerprint density at radius 2 is 1.24 bits per heavy atom. The van der Waals surface area contributed by atoms with Gasteiger partial charge in [0.15, 0.2) is 0 Å². The second-order valence-electron chi connectivity index (χ2n) is 3.24. The summed E-state index contributed by atoms with van der Waals surface area (Å²) >= 11 is 0. The molecule has 6 nitrogen and oxygen atoms in total. The first kappa shape index (κ1) is 28.8. The first-order valence-electron chi connectivity index (χ1n) is 5.78. The molecular formula is C12H27I2N6P. The predicted molar refractivity (Wildman–Crippen MR) is 86.1 cm³/mol. The highest BCUT2D eigenvalue weighted by Crippen LogP contribution is 1.86. The first-order chi connectivity index (χ1) is 9.01. The van der Waals surface area contributed by atoms with Crippen molar-refractivity contribution >= 4 is 26.5 Å². The molecule has 0 radical (unpaired) electrons. The maximum atomic E-state index is 5.17. The minimum absolute atomic E-state index is 0. The van der Waals surface area contributed by atoms with Crippen LogP contribution in [-0.2, 0) is 0 Å². The number of guanidine groups is 2. The van der Waals surface area contributed by atoms with E-state index in [1.807, 2.05) is 30.3 Å². The summed E-state index contributed by atoms with van der Waals surface area (Å²) in [5.74, 6) is 1.19. The largest absolute Gasteiger partial charge is 1.00 e. The Morgan fingerprint density at radius 1 is 0.905 bits per heavy atom. The molecule has 124 valence electrons. The van der Waals surface area contributed by atoms with E-state index in [-0.39, 0.29) is 48.0 Å². The molecule has 8 N–H and O–H groups in total. The fourth-order valence-electron chi connectivity index (χ4n) is 0.703. The molecule has 0 saturated carbocycles. The van der Waals surface area contributed by atoms with Crippen molar-refractivity contribution < 1.29 is 57.9 Å². The normalized spacial score (nSPS) is 9.38. The predicted octanol–water partition coefficient (Wildman–Crippen LogP) is -10.3. The van der Waals surface area contributed by atoms with E-state index in [1.165, 1.54) is 5.30 Å². The number of nitrogens with two attached hydrogens (primary N) is 2. The Bertz CT molecular complexity index is 355. The fourth-order valence-corrected chi connectivity index (χ4v) is 0.925. The monoisotopic (exact) mass is 540 g/mol. The highest BCUT2D eigenvalue weighted by molar-refractivity contribution is 7.27. The molecule has 1 rings (SSSR count). The van der Waals surface area contributed by atoms with Gasteiger partial charge < -0.3 is 48.0 Å². The third-order valence-corrected chi connectivity index (χ3v) is 2.26. The number of hydrogen-bond donors (Lipinski definition) is 6. The van der Waals surface area contributed by atoms with Crippen LogP contribution in [0.25, 0.3) is 0 Å². The van der Waals surface area contributed by atoms with E-state index in [2.05, 4.69) is 29.9 Å². The van der Waals surface area contributed by atoms with E-state index >= 15 is 0 Å². The Kier molecular flexibility index (Phi) is 30.0. The van der Waals surface area contributed by atoms with Gasteiger partial charge in [-0.15, -0.1) is 9.24 Å². The van der Waals surface area contributed by atoms with E-state index in [4.69, 9.17) is 11.5 Å². The van der Waals surface area contributed by atoms with Crippen molar-refractivity contribution in [2.75, 3.05) is 28.2 Å².